The van der Waals surface area contributed by atoms with Crippen molar-refractivity contribution in [3.63, 3.8) is 0 Å². The zero-order chi connectivity index (χ0) is 13.5. The number of amides is 2. The molecule has 98 valence electrons. The summed E-state index contributed by atoms with van der Waals surface area (Å²) < 4.78 is 0. The van der Waals surface area contributed by atoms with Crippen LogP contribution >= 0.6 is 11.3 Å². The van der Waals surface area contributed by atoms with Gasteiger partial charge in [0, 0.05) is 27.2 Å². The van der Waals surface area contributed by atoms with Crippen molar-refractivity contribution >= 4 is 17.4 Å². The van der Waals surface area contributed by atoms with E-state index in [-0.39, 0.29) is 6.03 Å². The predicted molar refractivity (Wildman–Crippen MR) is 75.4 cm³/mol. The number of urea groups is 1. The van der Waals surface area contributed by atoms with E-state index in [4.69, 9.17) is 5.73 Å². The SMILES string of the molecule is CCN(C)C(=O)N(C)Cc1csc(C#CCN)c1. The number of carbonyl (C=O) groups is 1. The summed E-state index contributed by atoms with van der Waals surface area (Å²) in [5, 5.41) is 2.02. The van der Waals surface area contributed by atoms with Crippen LogP contribution in [0.15, 0.2) is 11.4 Å². The van der Waals surface area contributed by atoms with E-state index in [1.54, 1.807) is 35.2 Å². The van der Waals surface area contributed by atoms with Crippen LogP contribution in [0.25, 0.3) is 0 Å². The summed E-state index contributed by atoms with van der Waals surface area (Å²) in [6.45, 7) is 3.63. The quantitative estimate of drug-likeness (QED) is 0.843. The van der Waals surface area contributed by atoms with E-state index in [2.05, 4.69) is 11.8 Å². The van der Waals surface area contributed by atoms with Gasteiger partial charge in [-0.3, -0.25) is 0 Å². The van der Waals surface area contributed by atoms with Gasteiger partial charge in [0.1, 0.15) is 0 Å². The molecule has 0 aromatic carbocycles. The van der Waals surface area contributed by atoms with Crippen molar-refractivity contribution in [3.05, 3.63) is 21.9 Å². The average Bonchev–Trinajstić information content (AvgIpc) is 2.81. The summed E-state index contributed by atoms with van der Waals surface area (Å²) in [4.78, 5) is 16.2. The van der Waals surface area contributed by atoms with Crippen LogP contribution in [0.2, 0.25) is 0 Å². The minimum absolute atomic E-state index is 0.0262. The molecule has 1 aromatic heterocycles. The fraction of sp³-hybridized carbons (Fsp3) is 0.462. The molecule has 2 amide bonds. The normalized spacial score (nSPS) is 9.56. The molecule has 0 fully saturated rings. The Kier molecular flexibility index (Phi) is 5.69. The number of hydrogen-bond acceptors (Lipinski definition) is 3. The molecule has 0 saturated carbocycles. The first kappa shape index (κ1) is 14.6. The second-order valence-corrected chi connectivity index (χ2v) is 4.89. The van der Waals surface area contributed by atoms with Gasteiger partial charge in [0.05, 0.1) is 11.4 Å². The molecule has 1 rings (SSSR count). The summed E-state index contributed by atoms with van der Waals surface area (Å²) in [7, 11) is 3.60. The Hall–Kier alpha value is -1.51. The number of thiophene rings is 1. The summed E-state index contributed by atoms with van der Waals surface area (Å²) in [5.41, 5.74) is 6.42. The van der Waals surface area contributed by atoms with Gasteiger partial charge < -0.3 is 15.5 Å². The Morgan fingerprint density at radius 2 is 2.17 bits per heavy atom. The highest BCUT2D eigenvalue weighted by Gasteiger charge is 2.13. The molecular formula is C13H19N3OS. The van der Waals surface area contributed by atoms with Crippen LogP contribution in [-0.2, 0) is 6.54 Å². The van der Waals surface area contributed by atoms with Crippen LogP contribution in [0.4, 0.5) is 4.79 Å². The second-order valence-electron chi connectivity index (χ2n) is 3.98. The van der Waals surface area contributed by atoms with E-state index in [0.29, 0.717) is 19.6 Å². The van der Waals surface area contributed by atoms with E-state index < -0.39 is 0 Å². The lowest BCUT2D eigenvalue weighted by Gasteiger charge is -2.23. The zero-order valence-electron chi connectivity index (χ0n) is 11.1. The molecule has 4 nitrogen and oxygen atoms in total. The lowest BCUT2D eigenvalue weighted by Crippen LogP contribution is -2.38. The van der Waals surface area contributed by atoms with Crippen molar-refractivity contribution in [3.8, 4) is 11.8 Å². The molecule has 0 aliphatic heterocycles. The number of nitrogens with two attached hydrogens (primary N) is 1. The Balaban J connectivity index is 2.62. The Bertz CT molecular complexity index is 458. The van der Waals surface area contributed by atoms with Crippen molar-refractivity contribution in [2.75, 3.05) is 27.2 Å². The van der Waals surface area contributed by atoms with Crippen molar-refractivity contribution in [2.24, 2.45) is 5.73 Å². The molecule has 1 aromatic rings. The van der Waals surface area contributed by atoms with Crippen molar-refractivity contribution in [1.82, 2.24) is 9.80 Å². The lowest BCUT2D eigenvalue weighted by molar-refractivity contribution is 0.173. The minimum atomic E-state index is 0.0262. The molecule has 1 heterocycles. The molecule has 18 heavy (non-hydrogen) atoms. The topological polar surface area (TPSA) is 49.6 Å². The highest BCUT2D eigenvalue weighted by Crippen LogP contribution is 2.15. The highest BCUT2D eigenvalue weighted by atomic mass is 32.1. The van der Waals surface area contributed by atoms with E-state index in [9.17, 15) is 4.79 Å². The largest absolute Gasteiger partial charge is 0.328 e. The van der Waals surface area contributed by atoms with E-state index in [0.717, 1.165) is 10.4 Å². The first-order valence-corrected chi connectivity index (χ1v) is 6.69. The maximum atomic E-state index is 11.9. The molecule has 0 radical (unpaired) electrons. The molecule has 0 aliphatic rings. The monoisotopic (exact) mass is 265 g/mol. The Morgan fingerprint density at radius 3 is 2.78 bits per heavy atom. The van der Waals surface area contributed by atoms with Gasteiger partial charge in [0.15, 0.2) is 0 Å². The van der Waals surface area contributed by atoms with Gasteiger partial charge in [0.2, 0.25) is 0 Å². The van der Waals surface area contributed by atoms with E-state index in [1.807, 2.05) is 18.4 Å². The second kappa shape index (κ2) is 7.04. The maximum Gasteiger partial charge on any atom is 0.319 e. The average molecular weight is 265 g/mol. The fourth-order valence-corrected chi connectivity index (χ4v) is 2.20. The van der Waals surface area contributed by atoms with Gasteiger partial charge in [-0.15, -0.1) is 11.3 Å². The summed E-state index contributed by atoms with van der Waals surface area (Å²) in [5.74, 6) is 5.81. The smallest absolute Gasteiger partial charge is 0.319 e. The van der Waals surface area contributed by atoms with Crippen LogP contribution in [0, 0.1) is 11.8 Å². The van der Waals surface area contributed by atoms with Crippen molar-refractivity contribution in [1.29, 1.82) is 0 Å². The van der Waals surface area contributed by atoms with Gasteiger partial charge in [-0.25, -0.2) is 4.79 Å². The van der Waals surface area contributed by atoms with Crippen molar-refractivity contribution in [2.45, 2.75) is 13.5 Å². The third-order valence-corrected chi connectivity index (χ3v) is 3.41. The van der Waals surface area contributed by atoms with Crippen LogP contribution < -0.4 is 5.73 Å². The van der Waals surface area contributed by atoms with E-state index in [1.165, 1.54) is 0 Å². The number of nitrogens with zero attached hydrogens (tertiary/aromatic N) is 2. The molecular weight excluding hydrogens is 246 g/mol. The van der Waals surface area contributed by atoms with Crippen LogP contribution in [0.5, 0.6) is 0 Å². The molecule has 0 bridgehead atoms. The fourth-order valence-electron chi connectivity index (χ4n) is 1.43. The van der Waals surface area contributed by atoms with Gasteiger partial charge in [0.25, 0.3) is 0 Å². The van der Waals surface area contributed by atoms with Gasteiger partial charge >= 0.3 is 6.03 Å². The predicted octanol–water partition coefficient (Wildman–Crippen LogP) is 1.56. The Labute approximate surface area is 112 Å². The summed E-state index contributed by atoms with van der Waals surface area (Å²) in [6, 6.07) is 2.03. The van der Waals surface area contributed by atoms with Crippen LogP contribution in [-0.4, -0.2) is 43.0 Å². The standard InChI is InChI=1S/C13H19N3OS/c1-4-15(2)13(17)16(3)9-11-8-12(18-10-11)6-5-7-14/h8,10H,4,7,9,14H2,1-3H3. The van der Waals surface area contributed by atoms with Gasteiger partial charge in [-0.2, -0.15) is 0 Å². The minimum Gasteiger partial charge on any atom is -0.328 e. The van der Waals surface area contributed by atoms with Crippen LogP contribution in [0.1, 0.15) is 17.4 Å². The molecule has 0 spiro atoms. The van der Waals surface area contributed by atoms with Crippen LogP contribution in [0.3, 0.4) is 0 Å². The Morgan fingerprint density at radius 1 is 1.44 bits per heavy atom. The number of rotatable bonds is 3. The molecule has 0 aliphatic carbocycles. The number of hydrogen-bond donors (Lipinski definition) is 1. The summed E-state index contributed by atoms with van der Waals surface area (Å²) >= 11 is 1.58. The molecule has 5 heteroatoms. The highest BCUT2D eigenvalue weighted by molar-refractivity contribution is 7.10. The maximum absolute atomic E-state index is 11.9. The van der Waals surface area contributed by atoms with E-state index >= 15 is 0 Å². The molecule has 0 saturated heterocycles. The molecule has 2 N–H and O–H groups in total. The number of carbonyl (C=O) groups excluding carboxylic acids is 1. The lowest BCUT2D eigenvalue weighted by atomic mass is 10.3. The zero-order valence-corrected chi connectivity index (χ0v) is 11.9. The first-order chi connectivity index (χ1) is 8.58. The summed E-state index contributed by atoms with van der Waals surface area (Å²) in [6.07, 6.45) is 0. The molecule has 0 unspecified atom stereocenters. The van der Waals surface area contributed by atoms with Gasteiger partial charge in [-0.05, 0) is 23.9 Å². The van der Waals surface area contributed by atoms with Gasteiger partial charge in [-0.1, -0.05) is 11.8 Å². The first-order valence-electron chi connectivity index (χ1n) is 5.81. The third kappa shape index (κ3) is 4.06. The third-order valence-electron chi connectivity index (χ3n) is 2.51. The molecule has 0 atom stereocenters. The van der Waals surface area contributed by atoms with Crippen molar-refractivity contribution < 1.29 is 4.79 Å².